The predicted octanol–water partition coefficient (Wildman–Crippen LogP) is 3.01. The molecular weight excluding hydrogens is 280 g/mol. The van der Waals surface area contributed by atoms with E-state index in [1.807, 2.05) is 37.3 Å². The highest BCUT2D eigenvalue weighted by Gasteiger charge is 2.44. The molecule has 1 aromatic carbocycles. The molecule has 3 aromatic rings. The number of carbonyl (C=O) groups excluding carboxylic acids is 1. The highest BCUT2D eigenvalue weighted by molar-refractivity contribution is 5.95. The van der Waals surface area contributed by atoms with Gasteiger partial charge in [0.25, 0.3) is 0 Å². The van der Waals surface area contributed by atoms with Crippen LogP contribution in [-0.2, 0) is 10.3 Å². The number of aromatic amines is 1. The van der Waals surface area contributed by atoms with Gasteiger partial charge in [0.15, 0.2) is 5.60 Å². The third kappa shape index (κ3) is 1.65. The van der Waals surface area contributed by atoms with Crippen molar-refractivity contribution in [3.05, 3.63) is 59.5 Å². The Hall–Kier alpha value is -2.82. The van der Waals surface area contributed by atoms with Gasteiger partial charge < -0.3 is 14.5 Å². The highest BCUT2D eigenvalue weighted by atomic mass is 16.6. The zero-order chi connectivity index (χ0) is 15.3. The van der Waals surface area contributed by atoms with Crippen LogP contribution in [0.1, 0.15) is 28.5 Å². The van der Waals surface area contributed by atoms with Crippen molar-refractivity contribution in [2.75, 3.05) is 7.11 Å². The van der Waals surface area contributed by atoms with Gasteiger partial charge in [0.05, 0.1) is 18.4 Å². The summed E-state index contributed by atoms with van der Waals surface area (Å²) >= 11 is 0. The quantitative estimate of drug-likeness (QED) is 0.738. The predicted molar refractivity (Wildman–Crippen MR) is 81.0 cm³/mol. The van der Waals surface area contributed by atoms with Crippen LogP contribution in [0.4, 0.5) is 0 Å². The number of rotatable bonds is 2. The van der Waals surface area contributed by atoms with Crippen molar-refractivity contribution >= 4 is 16.9 Å². The molecule has 0 aliphatic carbocycles. The van der Waals surface area contributed by atoms with Gasteiger partial charge in [0, 0.05) is 28.9 Å². The fourth-order valence-corrected chi connectivity index (χ4v) is 2.96. The Balaban J connectivity index is 1.90. The number of H-pyrrole nitrogens is 1. The van der Waals surface area contributed by atoms with Crippen molar-refractivity contribution in [3.8, 4) is 5.75 Å². The summed E-state index contributed by atoms with van der Waals surface area (Å²) in [5.74, 6) is 0.443. The molecule has 1 aliphatic rings. The summed E-state index contributed by atoms with van der Waals surface area (Å²) in [6.45, 7) is 1.89. The van der Waals surface area contributed by atoms with Gasteiger partial charge in [-0.25, -0.2) is 4.79 Å². The number of nitrogens with zero attached hydrogens (tertiary/aromatic N) is 1. The fourth-order valence-electron chi connectivity index (χ4n) is 2.96. The number of esters is 1. The molecule has 22 heavy (non-hydrogen) atoms. The molecule has 0 radical (unpaired) electrons. The number of hydrogen-bond donors (Lipinski definition) is 1. The number of hydrogen-bond acceptors (Lipinski definition) is 4. The van der Waals surface area contributed by atoms with E-state index in [4.69, 9.17) is 9.47 Å². The second-order valence-corrected chi connectivity index (χ2v) is 5.48. The summed E-state index contributed by atoms with van der Waals surface area (Å²) in [4.78, 5) is 19.4. The number of pyridine rings is 1. The van der Waals surface area contributed by atoms with Crippen LogP contribution >= 0.6 is 0 Å². The summed E-state index contributed by atoms with van der Waals surface area (Å²) in [6.07, 6.45) is 3.22. The number of nitrogens with one attached hydrogen (secondary N) is 1. The SMILES string of the molecule is COc1ccc2[nH]c(C3(C)OC(=O)c4cnccc43)cc2c1. The lowest BCUT2D eigenvalue weighted by Gasteiger charge is -2.22. The summed E-state index contributed by atoms with van der Waals surface area (Å²) in [7, 11) is 1.64. The van der Waals surface area contributed by atoms with E-state index in [0.29, 0.717) is 5.56 Å². The Kier molecular flexibility index (Phi) is 2.54. The minimum absolute atomic E-state index is 0.346. The lowest BCUT2D eigenvalue weighted by atomic mass is 9.92. The number of carbonyl (C=O) groups is 1. The average molecular weight is 294 g/mol. The van der Waals surface area contributed by atoms with Crippen molar-refractivity contribution in [1.82, 2.24) is 9.97 Å². The average Bonchev–Trinajstić information content (AvgIpc) is 3.08. The van der Waals surface area contributed by atoms with Gasteiger partial charge in [-0.05, 0) is 37.3 Å². The van der Waals surface area contributed by atoms with E-state index in [0.717, 1.165) is 27.9 Å². The van der Waals surface area contributed by atoms with E-state index in [9.17, 15) is 4.79 Å². The Morgan fingerprint density at radius 3 is 2.95 bits per heavy atom. The molecule has 0 amide bonds. The Labute approximate surface area is 126 Å². The van der Waals surface area contributed by atoms with Crippen LogP contribution in [-0.4, -0.2) is 23.0 Å². The lowest BCUT2D eigenvalue weighted by molar-refractivity contribution is 0.0167. The second kappa shape index (κ2) is 4.34. The Morgan fingerprint density at radius 2 is 2.14 bits per heavy atom. The minimum atomic E-state index is -0.832. The first-order chi connectivity index (χ1) is 10.6. The van der Waals surface area contributed by atoms with Gasteiger partial charge in [0.1, 0.15) is 5.75 Å². The molecule has 5 nitrogen and oxygen atoms in total. The lowest BCUT2D eigenvalue weighted by Crippen LogP contribution is -2.23. The maximum atomic E-state index is 12.1. The normalized spacial score (nSPS) is 20.0. The number of methoxy groups -OCH3 is 1. The maximum Gasteiger partial charge on any atom is 0.341 e. The third-order valence-electron chi connectivity index (χ3n) is 4.19. The Morgan fingerprint density at radius 1 is 1.27 bits per heavy atom. The topological polar surface area (TPSA) is 64.2 Å². The van der Waals surface area contributed by atoms with Crippen molar-refractivity contribution < 1.29 is 14.3 Å². The van der Waals surface area contributed by atoms with Crippen LogP contribution in [0.2, 0.25) is 0 Å². The minimum Gasteiger partial charge on any atom is -0.497 e. The van der Waals surface area contributed by atoms with Crippen LogP contribution in [0.25, 0.3) is 10.9 Å². The second-order valence-electron chi connectivity index (χ2n) is 5.48. The van der Waals surface area contributed by atoms with Crippen LogP contribution < -0.4 is 4.74 Å². The zero-order valence-corrected chi connectivity index (χ0v) is 12.2. The molecule has 0 bridgehead atoms. The van der Waals surface area contributed by atoms with Gasteiger partial charge in [-0.2, -0.15) is 0 Å². The van der Waals surface area contributed by atoms with E-state index < -0.39 is 5.60 Å². The molecule has 1 unspecified atom stereocenters. The van der Waals surface area contributed by atoms with Crippen molar-refractivity contribution in [3.63, 3.8) is 0 Å². The molecule has 2 aromatic heterocycles. The first-order valence-corrected chi connectivity index (χ1v) is 6.97. The van der Waals surface area contributed by atoms with Crippen molar-refractivity contribution in [2.24, 2.45) is 0 Å². The van der Waals surface area contributed by atoms with Crippen LogP contribution in [0.15, 0.2) is 42.7 Å². The largest absolute Gasteiger partial charge is 0.497 e. The van der Waals surface area contributed by atoms with Crippen LogP contribution in [0.5, 0.6) is 5.75 Å². The van der Waals surface area contributed by atoms with Crippen molar-refractivity contribution in [1.29, 1.82) is 0 Å². The van der Waals surface area contributed by atoms with Crippen molar-refractivity contribution in [2.45, 2.75) is 12.5 Å². The molecule has 1 aliphatic heterocycles. The van der Waals surface area contributed by atoms with Gasteiger partial charge >= 0.3 is 5.97 Å². The van der Waals surface area contributed by atoms with Crippen LogP contribution in [0, 0.1) is 0 Å². The third-order valence-corrected chi connectivity index (χ3v) is 4.19. The zero-order valence-electron chi connectivity index (χ0n) is 12.2. The summed E-state index contributed by atoms with van der Waals surface area (Å²) < 4.78 is 10.9. The molecule has 5 heteroatoms. The number of aromatic nitrogens is 2. The van der Waals surface area contributed by atoms with Gasteiger partial charge in [-0.3, -0.25) is 4.98 Å². The molecule has 1 atom stereocenters. The van der Waals surface area contributed by atoms with E-state index in [1.54, 1.807) is 19.5 Å². The first-order valence-electron chi connectivity index (χ1n) is 6.97. The number of ether oxygens (including phenoxy) is 2. The van der Waals surface area contributed by atoms with E-state index in [1.165, 1.54) is 0 Å². The standard InChI is InChI=1S/C17H14N2O3/c1-17(13-5-6-18-9-12(13)16(20)22-17)15-8-10-7-11(21-2)3-4-14(10)19-15/h3-9,19H,1-2H3. The molecule has 0 saturated carbocycles. The smallest absolute Gasteiger partial charge is 0.341 e. The number of cyclic esters (lactones) is 1. The molecular formula is C17H14N2O3. The fraction of sp³-hybridized carbons (Fsp3) is 0.176. The van der Waals surface area contributed by atoms with E-state index >= 15 is 0 Å². The highest BCUT2D eigenvalue weighted by Crippen LogP contribution is 2.41. The Bertz CT molecular complexity index is 900. The van der Waals surface area contributed by atoms with Crippen LogP contribution in [0.3, 0.4) is 0 Å². The van der Waals surface area contributed by atoms with Gasteiger partial charge in [-0.15, -0.1) is 0 Å². The number of benzene rings is 1. The summed E-state index contributed by atoms with van der Waals surface area (Å²) in [6, 6.07) is 9.60. The van der Waals surface area contributed by atoms with Gasteiger partial charge in [-0.1, -0.05) is 0 Å². The molecule has 3 heterocycles. The maximum absolute atomic E-state index is 12.1. The molecule has 4 rings (SSSR count). The molecule has 110 valence electrons. The molecule has 0 spiro atoms. The molecule has 1 N–H and O–H groups in total. The number of fused-ring (bicyclic) bond motifs is 2. The molecule has 0 saturated heterocycles. The van der Waals surface area contributed by atoms with E-state index in [-0.39, 0.29) is 5.97 Å². The summed E-state index contributed by atoms with van der Waals surface area (Å²) in [5.41, 5.74) is 2.30. The summed E-state index contributed by atoms with van der Waals surface area (Å²) in [5, 5.41) is 1.01. The first kappa shape index (κ1) is 12.9. The van der Waals surface area contributed by atoms with Gasteiger partial charge in [0.2, 0.25) is 0 Å². The molecule has 0 fully saturated rings. The monoisotopic (exact) mass is 294 g/mol. The van der Waals surface area contributed by atoms with E-state index in [2.05, 4.69) is 9.97 Å².